The Balaban J connectivity index is 2.11. The summed E-state index contributed by atoms with van der Waals surface area (Å²) in [6, 6.07) is 9.29. The van der Waals surface area contributed by atoms with E-state index in [2.05, 4.69) is 38.9 Å². The molecule has 1 heterocycles. The second kappa shape index (κ2) is 14.9. The number of sulfonamides is 1. The lowest BCUT2D eigenvalue weighted by atomic mass is 10.1. The highest BCUT2D eigenvalue weighted by Gasteiger charge is 2.24. The van der Waals surface area contributed by atoms with E-state index in [-0.39, 0.29) is 18.4 Å². The van der Waals surface area contributed by atoms with Crippen LogP contribution in [0.25, 0.3) is 0 Å². The van der Waals surface area contributed by atoms with Crippen LogP contribution in [0.4, 0.5) is 4.79 Å². The molecule has 202 valence electrons. The van der Waals surface area contributed by atoms with E-state index in [1.807, 2.05) is 44.2 Å². The molecular weight excluding hydrogens is 480 g/mol. The van der Waals surface area contributed by atoms with Crippen molar-refractivity contribution in [2.45, 2.75) is 72.1 Å². The van der Waals surface area contributed by atoms with Crippen molar-refractivity contribution in [3.05, 3.63) is 47.5 Å². The molecule has 0 bridgehead atoms. The molecule has 2 rings (SSSR count). The van der Waals surface area contributed by atoms with Crippen molar-refractivity contribution in [2.75, 3.05) is 25.4 Å². The van der Waals surface area contributed by atoms with Gasteiger partial charge in [-0.25, -0.2) is 27.6 Å². The normalized spacial score (nSPS) is 13.5. The van der Waals surface area contributed by atoms with Crippen molar-refractivity contribution in [3.63, 3.8) is 0 Å². The molecule has 0 saturated carbocycles. The zero-order chi connectivity index (χ0) is 26.6. The maximum absolute atomic E-state index is 13.0. The van der Waals surface area contributed by atoms with Gasteiger partial charge < -0.3 is 15.0 Å². The second-order valence-electron chi connectivity index (χ2n) is 8.93. The van der Waals surface area contributed by atoms with Crippen LogP contribution in [0, 0.1) is 0 Å². The largest absolute Gasteiger partial charge is 0.441 e. The summed E-state index contributed by atoms with van der Waals surface area (Å²) >= 11 is 0. The molecule has 11 heteroatoms. The third-order valence-corrected chi connectivity index (χ3v) is 7.63. The minimum Gasteiger partial charge on any atom is -0.441 e. The molecule has 0 spiro atoms. The number of carbonyl (C=O) groups excluding carboxylic acids is 1. The lowest BCUT2D eigenvalue weighted by Gasteiger charge is -2.19. The van der Waals surface area contributed by atoms with E-state index in [0.29, 0.717) is 30.9 Å². The fourth-order valence-corrected chi connectivity index (χ4v) is 4.96. The van der Waals surface area contributed by atoms with Gasteiger partial charge in [-0.3, -0.25) is 0 Å². The third kappa shape index (κ3) is 10.2. The zero-order valence-electron chi connectivity index (χ0n) is 22.2. The summed E-state index contributed by atoms with van der Waals surface area (Å²) < 4.78 is 35.5. The average Bonchev–Trinajstić information content (AvgIpc) is 3.23. The van der Waals surface area contributed by atoms with Gasteiger partial charge in [0.05, 0.1) is 11.8 Å². The number of hydrogen-bond acceptors (Lipinski definition) is 7. The van der Waals surface area contributed by atoms with Crippen molar-refractivity contribution in [1.82, 2.24) is 29.7 Å². The van der Waals surface area contributed by atoms with E-state index in [1.54, 1.807) is 7.05 Å². The maximum Gasteiger partial charge on any atom is 0.407 e. The molecule has 1 unspecified atom stereocenters. The van der Waals surface area contributed by atoms with Crippen LogP contribution < -0.4 is 10.0 Å². The highest BCUT2D eigenvalue weighted by Crippen LogP contribution is 2.19. The van der Waals surface area contributed by atoms with Crippen LogP contribution in [0.3, 0.4) is 0 Å². The second-order valence-corrected chi connectivity index (χ2v) is 10.8. The molecule has 10 nitrogen and oxygen atoms in total. The summed E-state index contributed by atoms with van der Waals surface area (Å²) in [7, 11) is -1.85. The summed E-state index contributed by atoms with van der Waals surface area (Å²) in [6.07, 6.45) is 1.97. The van der Waals surface area contributed by atoms with Gasteiger partial charge >= 0.3 is 6.09 Å². The van der Waals surface area contributed by atoms with E-state index in [1.165, 1.54) is 4.68 Å². The first-order valence-corrected chi connectivity index (χ1v) is 14.4. The first-order chi connectivity index (χ1) is 17.2. The van der Waals surface area contributed by atoms with Crippen LogP contribution in [0.5, 0.6) is 0 Å². The van der Waals surface area contributed by atoms with Gasteiger partial charge in [0.15, 0.2) is 18.3 Å². The summed E-state index contributed by atoms with van der Waals surface area (Å²) in [6.45, 7) is 10.4. The summed E-state index contributed by atoms with van der Waals surface area (Å²) in [5.74, 6) is 0.834. The van der Waals surface area contributed by atoms with Crippen molar-refractivity contribution in [3.8, 4) is 0 Å². The Hall–Kier alpha value is -2.50. The van der Waals surface area contributed by atoms with Gasteiger partial charge in [0.2, 0.25) is 10.0 Å². The van der Waals surface area contributed by atoms with Gasteiger partial charge in [0.25, 0.3) is 0 Å². The number of aryl methyl sites for hydroxylation is 2. The van der Waals surface area contributed by atoms with E-state index in [9.17, 15) is 13.2 Å². The first kappa shape index (κ1) is 29.7. The number of amides is 1. The minimum absolute atomic E-state index is 0.00561. The van der Waals surface area contributed by atoms with Gasteiger partial charge in [-0.1, -0.05) is 51.1 Å². The lowest BCUT2D eigenvalue weighted by Crippen LogP contribution is -2.33. The molecule has 1 aromatic carbocycles. The van der Waals surface area contributed by atoms with Gasteiger partial charge in [0, 0.05) is 13.1 Å². The van der Waals surface area contributed by atoms with Crippen LogP contribution in [-0.4, -0.2) is 65.6 Å². The Morgan fingerprint density at radius 2 is 1.86 bits per heavy atom. The van der Waals surface area contributed by atoms with Crippen LogP contribution in [0.15, 0.2) is 30.3 Å². The quantitative estimate of drug-likeness (QED) is 0.348. The number of alkyl carbamates (subject to hydrolysis) is 1. The summed E-state index contributed by atoms with van der Waals surface area (Å²) in [5.41, 5.74) is 1.10. The topological polar surface area (TPSA) is 118 Å². The highest BCUT2D eigenvalue weighted by atomic mass is 32.2. The molecular formula is C25H42N6O4S. The highest BCUT2D eigenvalue weighted by molar-refractivity contribution is 7.89. The number of rotatable bonds is 16. The minimum atomic E-state index is -3.55. The molecule has 0 aliphatic heterocycles. The van der Waals surface area contributed by atoms with E-state index < -0.39 is 22.2 Å². The number of benzene rings is 1. The molecule has 1 aromatic heterocycles. The molecule has 0 aliphatic rings. The number of hydrogen-bond donors (Lipinski definition) is 2. The van der Waals surface area contributed by atoms with E-state index >= 15 is 0 Å². The number of ether oxygens (including phenoxy) is 1. The van der Waals surface area contributed by atoms with Crippen molar-refractivity contribution in [1.29, 1.82) is 0 Å². The number of carbonyl (C=O) groups is 1. The molecule has 0 aliphatic carbocycles. The van der Waals surface area contributed by atoms with Crippen LogP contribution in [0.1, 0.15) is 70.2 Å². The molecule has 2 atom stereocenters. The zero-order valence-corrected chi connectivity index (χ0v) is 23.1. The van der Waals surface area contributed by atoms with Gasteiger partial charge in [-0.15, -0.1) is 0 Å². The molecule has 0 fully saturated rings. The lowest BCUT2D eigenvalue weighted by molar-refractivity contribution is 0.132. The van der Waals surface area contributed by atoms with Crippen LogP contribution in [-0.2, 0) is 34.8 Å². The Labute approximate surface area is 215 Å². The Morgan fingerprint density at radius 1 is 1.17 bits per heavy atom. The number of nitrogens with one attached hydrogen (secondary N) is 2. The molecule has 2 N–H and O–H groups in total. The Kier molecular flexibility index (Phi) is 12.3. The average molecular weight is 523 g/mol. The SMILES string of the molecule is CCC(C)NC(=O)OCc1nc([C@@H](CCc2ccccc2)NS(=O)(=O)CCCN(CC)CC)nn1C. The fourth-order valence-electron chi connectivity index (χ4n) is 3.68. The molecule has 0 saturated heterocycles. The van der Waals surface area contributed by atoms with Crippen molar-refractivity contribution < 1.29 is 17.9 Å². The number of aromatic nitrogens is 3. The molecule has 36 heavy (non-hydrogen) atoms. The van der Waals surface area contributed by atoms with Gasteiger partial charge in [-0.2, -0.15) is 5.10 Å². The predicted octanol–water partition coefficient (Wildman–Crippen LogP) is 3.17. The van der Waals surface area contributed by atoms with Crippen molar-refractivity contribution >= 4 is 16.1 Å². The van der Waals surface area contributed by atoms with E-state index in [0.717, 1.165) is 31.6 Å². The fraction of sp³-hybridized carbons (Fsp3) is 0.640. The molecule has 0 radical (unpaired) electrons. The maximum atomic E-state index is 13.0. The van der Waals surface area contributed by atoms with Crippen molar-refractivity contribution in [2.24, 2.45) is 7.05 Å². The Morgan fingerprint density at radius 3 is 2.50 bits per heavy atom. The predicted molar refractivity (Wildman–Crippen MR) is 141 cm³/mol. The monoisotopic (exact) mass is 522 g/mol. The first-order valence-electron chi connectivity index (χ1n) is 12.8. The van der Waals surface area contributed by atoms with E-state index in [4.69, 9.17) is 4.74 Å². The summed E-state index contributed by atoms with van der Waals surface area (Å²) in [4.78, 5) is 18.7. The third-order valence-electron chi connectivity index (χ3n) is 6.16. The van der Waals surface area contributed by atoms with Crippen LogP contribution in [0.2, 0.25) is 0 Å². The summed E-state index contributed by atoms with van der Waals surface area (Å²) in [5, 5.41) is 7.20. The smallest absolute Gasteiger partial charge is 0.407 e. The van der Waals surface area contributed by atoms with Gasteiger partial charge in [-0.05, 0) is 57.8 Å². The van der Waals surface area contributed by atoms with Crippen LogP contribution >= 0.6 is 0 Å². The molecule has 1 amide bonds. The Bertz CT molecular complexity index is 1020. The molecule has 2 aromatic rings. The standard InChI is InChI=1S/C25H42N6O4S/c1-6-20(4)26-25(32)35-19-23-27-24(28-30(23)5)22(16-15-21-13-10-9-11-14-21)29-36(33,34)18-12-17-31(7-2)8-3/h9-11,13-14,20,22,29H,6-8,12,15-19H2,1-5H3,(H,26,32)/t20?,22-/m1/s1. The van der Waals surface area contributed by atoms with Gasteiger partial charge in [0.1, 0.15) is 0 Å². The number of nitrogens with zero attached hydrogens (tertiary/aromatic N) is 4.